The molecule has 1 aromatic heterocycles. The van der Waals surface area contributed by atoms with Gasteiger partial charge in [0.25, 0.3) is 5.56 Å². The number of carbonyl (C=O) groups excluding carboxylic acids is 1. The summed E-state index contributed by atoms with van der Waals surface area (Å²) in [6, 6.07) is 9.26. The lowest BCUT2D eigenvalue weighted by Crippen LogP contribution is -2.20. The third kappa shape index (κ3) is 2.54. The molecule has 19 heavy (non-hydrogen) atoms. The zero-order chi connectivity index (χ0) is 14.0. The van der Waals surface area contributed by atoms with E-state index in [4.69, 9.17) is 0 Å². The van der Waals surface area contributed by atoms with Crippen LogP contribution in [-0.4, -0.2) is 21.4 Å². The van der Waals surface area contributed by atoms with Crippen molar-refractivity contribution in [1.82, 2.24) is 9.78 Å². The van der Waals surface area contributed by atoms with Gasteiger partial charge in [-0.1, -0.05) is 18.2 Å². The summed E-state index contributed by atoms with van der Waals surface area (Å²) in [4.78, 5) is 27.2. The predicted octanol–water partition coefficient (Wildman–Crippen LogP) is 1.83. The molecule has 2 aromatic rings. The van der Waals surface area contributed by atoms with Gasteiger partial charge in [-0.2, -0.15) is 0 Å². The molecule has 1 heterocycles. The number of rotatable bonds is 2. The van der Waals surface area contributed by atoms with Crippen LogP contribution in [0.25, 0.3) is 5.69 Å². The summed E-state index contributed by atoms with van der Waals surface area (Å²) in [5.74, 6) is -0.316. The molecule has 98 valence electrons. The Bertz CT molecular complexity index is 693. The van der Waals surface area contributed by atoms with Crippen molar-refractivity contribution in [2.75, 3.05) is 0 Å². The van der Waals surface area contributed by atoms with Gasteiger partial charge in [0.05, 0.1) is 17.0 Å². The van der Waals surface area contributed by atoms with Gasteiger partial charge in [0.2, 0.25) is 5.91 Å². The molecule has 0 radical (unpaired) electrons. The van der Waals surface area contributed by atoms with Gasteiger partial charge in [0.1, 0.15) is 0 Å². The van der Waals surface area contributed by atoms with E-state index in [0.717, 1.165) is 5.69 Å². The first-order valence-corrected chi connectivity index (χ1v) is 5.94. The Morgan fingerprint density at radius 1 is 1.21 bits per heavy atom. The van der Waals surface area contributed by atoms with Gasteiger partial charge in [-0.3, -0.25) is 14.7 Å². The van der Waals surface area contributed by atoms with Crippen LogP contribution in [0.2, 0.25) is 0 Å². The van der Waals surface area contributed by atoms with Gasteiger partial charge in [-0.15, -0.1) is 0 Å². The number of para-hydroxylation sites is 1. The first-order valence-electron chi connectivity index (χ1n) is 5.94. The van der Waals surface area contributed by atoms with Gasteiger partial charge in [-0.05, 0) is 26.0 Å². The van der Waals surface area contributed by atoms with Crippen molar-refractivity contribution in [3.05, 3.63) is 51.9 Å². The number of aliphatic imine (C=N–C) groups is 1. The SMILES string of the molecule is CC(=O)N=C(C)c1c(C)[nH]n(-c2ccccc2)c1=O. The zero-order valence-corrected chi connectivity index (χ0v) is 11.1. The molecule has 0 spiro atoms. The Hall–Kier alpha value is -2.43. The molecule has 1 N–H and O–H groups in total. The van der Waals surface area contributed by atoms with E-state index >= 15 is 0 Å². The number of carbonyl (C=O) groups is 1. The largest absolute Gasteiger partial charge is 0.295 e. The lowest BCUT2D eigenvalue weighted by molar-refractivity contribution is -0.115. The number of H-pyrrole nitrogens is 1. The van der Waals surface area contributed by atoms with E-state index in [9.17, 15) is 9.59 Å². The van der Waals surface area contributed by atoms with Crippen LogP contribution in [0.15, 0.2) is 40.1 Å². The second-order valence-corrected chi connectivity index (χ2v) is 4.30. The van der Waals surface area contributed by atoms with E-state index < -0.39 is 0 Å². The third-order valence-electron chi connectivity index (χ3n) is 2.77. The molecule has 0 saturated carbocycles. The van der Waals surface area contributed by atoms with Gasteiger partial charge in [-0.25, -0.2) is 9.67 Å². The molecule has 5 heteroatoms. The fourth-order valence-corrected chi connectivity index (χ4v) is 2.02. The molecular weight excluding hydrogens is 242 g/mol. The quantitative estimate of drug-likeness (QED) is 0.834. The number of aromatic nitrogens is 2. The van der Waals surface area contributed by atoms with Gasteiger partial charge in [0.15, 0.2) is 0 Å². The summed E-state index contributed by atoms with van der Waals surface area (Å²) < 4.78 is 1.45. The van der Waals surface area contributed by atoms with Crippen molar-refractivity contribution in [2.24, 2.45) is 4.99 Å². The Kier molecular flexibility index (Phi) is 3.46. The van der Waals surface area contributed by atoms with Crippen molar-refractivity contribution in [3.63, 3.8) is 0 Å². The van der Waals surface area contributed by atoms with Gasteiger partial charge in [0, 0.05) is 12.6 Å². The average Bonchev–Trinajstić information content (AvgIpc) is 2.65. The summed E-state index contributed by atoms with van der Waals surface area (Å²) in [6.07, 6.45) is 0. The Morgan fingerprint density at radius 2 is 1.84 bits per heavy atom. The van der Waals surface area contributed by atoms with Crippen molar-refractivity contribution < 1.29 is 4.79 Å². The lowest BCUT2D eigenvalue weighted by Gasteiger charge is -1.99. The first-order chi connectivity index (χ1) is 9.00. The number of hydrogen-bond acceptors (Lipinski definition) is 2. The number of aryl methyl sites for hydroxylation is 1. The maximum absolute atomic E-state index is 12.4. The Morgan fingerprint density at radius 3 is 2.42 bits per heavy atom. The van der Waals surface area contributed by atoms with Crippen LogP contribution in [0.3, 0.4) is 0 Å². The summed E-state index contributed by atoms with van der Waals surface area (Å²) in [7, 11) is 0. The minimum atomic E-state index is -0.316. The van der Waals surface area contributed by atoms with E-state index in [2.05, 4.69) is 10.1 Å². The molecule has 1 amide bonds. The predicted molar refractivity (Wildman–Crippen MR) is 74.0 cm³/mol. The molecule has 0 fully saturated rings. The highest BCUT2D eigenvalue weighted by Gasteiger charge is 2.15. The van der Waals surface area contributed by atoms with Gasteiger partial charge < -0.3 is 0 Å². The maximum atomic E-state index is 12.4. The number of hydrogen-bond donors (Lipinski definition) is 1. The molecule has 0 aliphatic heterocycles. The molecule has 0 saturated heterocycles. The van der Waals surface area contributed by atoms with Crippen LogP contribution in [0.4, 0.5) is 0 Å². The Balaban J connectivity index is 2.59. The second-order valence-electron chi connectivity index (χ2n) is 4.30. The molecule has 0 bridgehead atoms. The van der Waals surface area contributed by atoms with Crippen molar-refractivity contribution in [2.45, 2.75) is 20.8 Å². The van der Waals surface area contributed by atoms with E-state index in [1.807, 2.05) is 30.3 Å². The smallest absolute Gasteiger partial charge is 0.280 e. The van der Waals surface area contributed by atoms with Crippen LogP contribution in [-0.2, 0) is 4.79 Å². The highest BCUT2D eigenvalue weighted by Crippen LogP contribution is 2.07. The van der Waals surface area contributed by atoms with Crippen molar-refractivity contribution in [3.8, 4) is 5.69 Å². The highest BCUT2D eigenvalue weighted by atomic mass is 16.1. The number of aromatic amines is 1. The maximum Gasteiger partial charge on any atom is 0.280 e. The second kappa shape index (κ2) is 5.06. The molecule has 1 aromatic carbocycles. The van der Waals surface area contributed by atoms with Gasteiger partial charge >= 0.3 is 0 Å². The van der Waals surface area contributed by atoms with Crippen LogP contribution in [0.5, 0.6) is 0 Å². The topological polar surface area (TPSA) is 67.2 Å². The average molecular weight is 257 g/mol. The highest BCUT2D eigenvalue weighted by molar-refractivity contribution is 6.05. The number of benzene rings is 1. The number of amides is 1. The van der Waals surface area contributed by atoms with Crippen LogP contribution < -0.4 is 5.56 Å². The summed E-state index contributed by atoms with van der Waals surface area (Å²) >= 11 is 0. The molecule has 0 unspecified atom stereocenters. The number of nitrogens with one attached hydrogen (secondary N) is 1. The van der Waals surface area contributed by atoms with Crippen molar-refractivity contribution >= 4 is 11.6 Å². The first kappa shape index (κ1) is 13.0. The molecule has 0 aliphatic carbocycles. The molecule has 0 aliphatic rings. The normalized spacial score (nSPS) is 11.6. The summed E-state index contributed by atoms with van der Waals surface area (Å²) in [6.45, 7) is 4.81. The van der Waals surface area contributed by atoms with Crippen LogP contribution in [0, 0.1) is 6.92 Å². The summed E-state index contributed by atoms with van der Waals surface area (Å²) in [5, 5.41) is 3.00. The fourth-order valence-electron chi connectivity index (χ4n) is 2.02. The monoisotopic (exact) mass is 257 g/mol. The number of nitrogens with zero attached hydrogens (tertiary/aromatic N) is 2. The minimum Gasteiger partial charge on any atom is -0.295 e. The van der Waals surface area contributed by atoms with E-state index in [1.165, 1.54) is 11.6 Å². The van der Waals surface area contributed by atoms with E-state index in [1.54, 1.807) is 13.8 Å². The van der Waals surface area contributed by atoms with E-state index in [0.29, 0.717) is 17.0 Å². The lowest BCUT2D eigenvalue weighted by atomic mass is 10.2. The molecule has 0 atom stereocenters. The standard InChI is InChI=1S/C14H15N3O2/c1-9(15-11(3)18)13-10(2)16-17(14(13)19)12-7-5-4-6-8-12/h4-8,16H,1-3H3. The van der Waals surface area contributed by atoms with Crippen LogP contribution in [0.1, 0.15) is 25.1 Å². The zero-order valence-electron chi connectivity index (χ0n) is 11.1. The van der Waals surface area contributed by atoms with Crippen molar-refractivity contribution in [1.29, 1.82) is 0 Å². The van der Waals surface area contributed by atoms with E-state index in [-0.39, 0.29) is 11.5 Å². The third-order valence-corrected chi connectivity index (χ3v) is 2.77. The Labute approximate surface area is 110 Å². The molecular formula is C14H15N3O2. The summed E-state index contributed by atoms with van der Waals surface area (Å²) in [5.41, 5.74) is 2.11. The van der Waals surface area contributed by atoms with Crippen LogP contribution >= 0.6 is 0 Å². The molecule has 5 nitrogen and oxygen atoms in total. The molecule has 2 rings (SSSR count). The fraction of sp³-hybridized carbons (Fsp3) is 0.214. The minimum absolute atomic E-state index is 0.203.